The predicted molar refractivity (Wildman–Crippen MR) is 94.4 cm³/mol. The van der Waals surface area contributed by atoms with Crippen molar-refractivity contribution in [3.63, 3.8) is 0 Å². The molecule has 0 radical (unpaired) electrons. The van der Waals surface area contributed by atoms with E-state index in [0.717, 1.165) is 5.56 Å². The molecule has 1 aliphatic heterocycles. The summed E-state index contributed by atoms with van der Waals surface area (Å²) in [7, 11) is 0. The molecule has 0 saturated heterocycles. The van der Waals surface area contributed by atoms with Crippen molar-refractivity contribution in [2.75, 3.05) is 5.32 Å². The Bertz CT molecular complexity index is 827. The van der Waals surface area contributed by atoms with Crippen LogP contribution in [0.4, 0.5) is 10.5 Å². The van der Waals surface area contributed by atoms with E-state index in [1.807, 2.05) is 6.07 Å². The van der Waals surface area contributed by atoms with Gasteiger partial charge in [0.05, 0.1) is 5.69 Å². The van der Waals surface area contributed by atoms with Gasteiger partial charge in [-0.15, -0.1) is 0 Å². The van der Waals surface area contributed by atoms with Gasteiger partial charge >= 0.3 is 6.09 Å². The molecule has 1 atom stereocenters. The number of aryl methyl sites for hydroxylation is 1. The summed E-state index contributed by atoms with van der Waals surface area (Å²) in [6.45, 7) is 0.0247. The van der Waals surface area contributed by atoms with Crippen LogP contribution < -0.4 is 15.5 Å². The van der Waals surface area contributed by atoms with Crippen molar-refractivity contribution >= 4 is 29.3 Å². The fraction of sp³-hybridized carbons (Fsp3) is 0.222. The number of carbonyl (C=O) groups is 2. The maximum atomic E-state index is 12.1. The van der Waals surface area contributed by atoms with Crippen molar-refractivity contribution in [3.05, 3.63) is 58.6 Å². The third-order valence-electron chi connectivity index (χ3n) is 3.99. The second kappa shape index (κ2) is 8.07. The molecule has 1 aliphatic rings. The Balaban J connectivity index is 1.68. The van der Waals surface area contributed by atoms with Gasteiger partial charge in [0.25, 0.3) is 5.91 Å². The summed E-state index contributed by atoms with van der Waals surface area (Å²) in [5.41, 5.74) is 3.52. The smallest absolute Gasteiger partial charge is 0.412 e. The molecular weight excluding hydrogens is 360 g/mol. The van der Waals surface area contributed by atoms with Crippen LogP contribution in [0.15, 0.2) is 42.5 Å². The standard InChI is InChI=1S/C18H17ClN2O5/c19-13-6-2-1-4-12(13)10-25-18(23)20-14-7-3-5-11-8-9-15(17(22)21-24)26-16(11)14/h1-7,15,24H,8-10H2,(H,20,23)(H,21,22)/t15-/m0/s1. The summed E-state index contributed by atoms with van der Waals surface area (Å²) in [4.78, 5) is 23.7. The first-order chi connectivity index (χ1) is 12.6. The molecule has 7 nitrogen and oxygen atoms in total. The largest absolute Gasteiger partial charge is 0.478 e. The molecule has 0 aromatic heterocycles. The lowest BCUT2D eigenvalue weighted by Gasteiger charge is -2.26. The molecule has 0 spiro atoms. The first kappa shape index (κ1) is 18.0. The lowest BCUT2D eigenvalue weighted by Crippen LogP contribution is -2.39. The average molecular weight is 377 g/mol. The van der Waals surface area contributed by atoms with E-state index >= 15 is 0 Å². The van der Waals surface area contributed by atoms with E-state index in [2.05, 4.69) is 5.32 Å². The number of carbonyl (C=O) groups excluding carboxylic acids is 2. The fourth-order valence-corrected chi connectivity index (χ4v) is 2.86. The summed E-state index contributed by atoms with van der Waals surface area (Å²) < 4.78 is 10.8. The molecule has 0 bridgehead atoms. The minimum Gasteiger partial charge on any atom is -0.478 e. The van der Waals surface area contributed by atoms with Gasteiger partial charge in [-0.3, -0.25) is 15.3 Å². The van der Waals surface area contributed by atoms with Crippen molar-refractivity contribution in [1.82, 2.24) is 5.48 Å². The molecule has 2 amide bonds. The number of fused-ring (bicyclic) bond motifs is 1. The second-order valence-corrected chi connectivity index (χ2v) is 6.11. The number of hydrogen-bond donors (Lipinski definition) is 3. The number of para-hydroxylation sites is 1. The predicted octanol–water partition coefficient (Wildman–Crippen LogP) is 3.29. The highest BCUT2D eigenvalue weighted by Crippen LogP contribution is 2.35. The molecule has 136 valence electrons. The summed E-state index contributed by atoms with van der Waals surface area (Å²) in [6, 6.07) is 12.3. The van der Waals surface area contributed by atoms with Gasteiger partial charge in [0, 0.05) is 10.6 Å². The highest BCUT2D eigenvalue weighted by molar-refractivity contribution is 6.31. The number of halogens is 1. The molecule has 3 rings (SSSR count). The SMILES string of the molecule is O=C(Nc1cccc2c1O[C@H](C(=O)NO)CC2)OCc1ccccc1Cl. The maximum absolute atomic E-state index is 12.1. The second-order valence-electron chi connectivity index (χ2n) is 5.71. The summed E-state index contributed by atoms with van der Waals surface area (Å²) in [5, 5.41) is 11.9. The highest BCUT2D eigenvalue weighted by Gasteiger charge is 2.28. The van der Waals surface area contributed by atoms with Crippen molar-refractivity contribution in [2.45, 2.75) is 25.6 Å². The molecule has 26 heavy (non-hydrogen) atoms. The minimum atomic E-state index is -0.824. The van der Waals surface area contributed by atoms with Crippen molar-refractivity contribution in [2.24, 2.45) is 0 Å². The van der Waals surface area contributed by atoms with E-state index in [1.165, 1.54) is 0 Å². The number of nitrogens with one attached hydrogen (secondary N) is 2. The van der Waals surface area contributed by atoms with E-state index in [1.54, 1.807) is 41.9 Å². The van der Waals surface area contributed by atoms with E-state index < -0.39 is 18.1 Å². The van der Waals surface area contributed by atoms with Crippen molar-refractivity contribution in [1.29, 1.82) is 0 Å². The van der Waals surface area contributed by atoms with Crippen LogP contribution >= 0.6 is 11.6 Å². The summed E-state index contributed by atoms with van der Waals surface area (Å²) >= 11 is 6.03. The van der Waals surface area contributed by atoms with Gasteiger partial charge in [0.1, 0.15) is 12.4 Å². The Hall–Kier alpha value is -2.77. The Morgan fingerprint density at radius 3 is 2.81 bits per heavy atom. The first-order valence-corrected chi connectivity index (χ1v) is 8.36. The molecule has 0 saturated carbocycles. The number of amides is 2. The van der Waals surface area contributed by atoms with Gasteiger partial charge in [-0.1, -0.05) is 41.9 Å². The van der Waals surface area contributed by atoms with Crippen LogP contribution in [0.1, 0.15) is 17.5 Å². The zero-order chi connectivity index (χ0) is 18.5. The Labute approximate surface area is 154 Å². The number of rotatable bonds is 4. The molecule has 0 fully saturated rings. The van der Waals surface area contributed by atoms with Gasteiger partial charge in [0.15, 0.2) is 6.10 Å². The van der Waals surface area contributed by atoms with Gasteiger partial charge in [-0.25, -0.2) is 10.3 Å². The normalized spacial score (nSPS) is 15.4. The maximum Gasteiger partial charge on any atom is 0.412 e. The van der Waals surface area contributed by atoms with Crippen LogP contribution in [0.5, 0.6) is 5.75 Å². The molecule has 8 heteroatoms. The molecule has 0 unspecified atom stereocenters. The number of hydroxylamine groups is 1. The van der Waals surface area contributed by atoms with Crippen LogP contribution in [0.3, 0.4) is 0 Å². The number of hydrogen-bond acceptors (Lipinski definition) is 5. The molecule has 1 heterocycles. The van der Waals surface area contributed by atoms with Gasteiger partial charge in [-0.05, 0) is 30.5 Å². The van der Waals surface area contributed by atoms with Crippen LogP contribution in [0.25, 0.3) is 0 Å². The topological polar surface area (TPSA) is 96.9 Å². The third-order valence-corrected chi connectivity index (χ3v) is 4.36. The summed E-state index contributed by atoms with van der Waals surface area (Å²) in [6.07, 6.45) is -0.484. The van der Waals surface area contributed by atoms with E-state index in [4.69, 9.17) is 26.3 Å². The molecule has 3 N–H and O–H groups in total. The number of benzene rings is 2. The van der Waals surface area contributed by atoms with Crippen LogP contribution in [-0.4, -0.2) is 23.3 Å². The Morgan fingerprint density at radius 1 is 1.23 bits per heavy atom. The van der Waals surface area contributed by atoms with Crippen LogP contribution in [0.2, 0.25) is 5.02 Å². The quantitative estimate of drug-likeness (QED) is 0.562. The van der Waals surface area contributed by atoms with Crippen LogP contribution in [-0.2, 0) is 22.6 Å². The van der Waals surface area contributed by atoms with Crippen LogP contribution in [0, 0.1) is 0 Å². The fourth-order valence-electron chi connectivity index (χ4n) is 2.67. The Morgan fingerprint density at radius 2 is 2.04 bits per heavy atom. The summed E-state index contributed by atoms with van der Waals surface area (Å²) in [5.74, 6) is -0.242. The molecule has 2 aromatic carbocycles. The molecular formula is C18H17ClN2O5. The van der Waals surface area contributed by atoms with Gasteiger partial charge < -0.3 is 9.47 Å². The zero-order valence-corrected chi connectivity index (χ0v) is 14.5. The van der Waals surface area contributed by atoms with E-state index in [0.29, 0.717) is 34.9 Å². The number of ether oxygens (including phenoxy) is 2. The Kier molecular flexibility index (Phi) is 5.60. The van der Waals surface area contributed by atoms with Gasteiger partial charge in [0.2, 0.25) is 0 Å². The van der Waals surface area contributed by atoms with Crippen molar-refractivity contribution in [3.8, 4) is 5.75 Å². The average Bonchev–Trinajstić information content (AvgIpc) is 2.66. The third kappa shape index (κ3) is 4.07. The monoisotopic (exact) mass is 376 g/mol. The zero-order valence-electron chi connectivity index (χ0n) is 13.7. The highest BCUT2D eigenvalue weighted by atomic mass is 35.5. The van der Waals surface area contributed by atoms with Crippen molar-refractivity contribution < 1.29 is 24.3 Å². The molecule has 0 aliphatic carbocycles. The van der Waals surface area contributed by atoms with E-state index in [-0.39, 0.29) is 6.61 Å². The first-order valence-electron chi connectivity index (χ1n) is 7.98. The van der Waals surface area contributed by atoms with Gasteiger partial charge in [-0.2, -0.15) is 0 Å². The lowest BCUT2D eigenvalue weighted by molar-refractivity contribution is -0.137. The minimum absolute atomic E-state index is 0.0247. The lowest BCUT2D eigenvalue weighted by atomic mass is 10.0. The molecule has 2 aromatic rings. The van der Waals surface area contributed by atoms with E-state index in [9.17, 15) is 9.59 Å². The number of anilines is 1.